The summed E-state index contributed by atoms with van der Waals surface area (Å²) in [7, 11) is -3.78. The van der Waals surface area contributed by atoms with Gasteiger partial charge in [0.25, 0.3) is 10.0 Å². The SMILES string of the molecule is CSc1ccc(NC(=O)Cn2nc(C)c(S(=O)(=O)N3CCc4ccccc43)c2C)cc1. The number of aryl methyl sites for hydroxylation is 1. The Hall–Kier alpha value is -2.78. The number of carbonyl (C=O) groups excluding carboxylic acids is 1. The summed E-state index contributed by atoms with van der Waals surface area (Å²) in [6.07, 6.45) is 2.67. The Morgan fingerprint density at radius 3 is 2.55 bits per heavy atom. The van der Waals surface area contributed by atoms with Crippen LogP contribution >= 0.6 is 11.8 Å². The van der Waals surface area contributed by atoms with Gasteiger partial charge in [-0.3, -0.25) is 13.8 Å². The Morgan fingerprint density at radius 2 is 1.84 bits per heavy atom. The van der Waals surface area contributed by atoms with Crippen LogP contribution in [0.5, 0.6) is 0 Å². The highest BCUT2D eigenvalue weighted by molar-refractivity contribution is 7.98. The molecule has 0 fully saturated rings. The van der Waals surface area contributed by atoms with Gasteiger partial charge < -0.3 is 5.32 Å². The second kappa shape index (κ2) is 8.39. The largest absolute Gasteiger partial charge is 0.324 e. The number of anilines is 2. The molecule has 0 bridgehead atoms. The van der Waals surface area contributed by atoms with Crippen LogP contribution in [0.3, 0.4) is 0 Å². The third-order valence-electron chi connectivity index (χ3n) is 5.37. The van der Waals surface area contributed by atoms with Crippen LogP contribution < -0.4 is 9.62 Å². The standard InChI is InChI=1S/C22H24N4O3S2/c1-15-22(31(28,29)26-13-12-17-6-4-5-7-20(17)26)16(2)25(24-15)14-21(27)23-18-8-10-19(30-3)11-9-18/h4-11H,12-14H2,1-3H3,(H,23,27). The number of hydrogen-bond donors (Lipinski definition) is 1. The van der Waals surface area contributed by atoms with Crippen molar-refractivity contribution in [2.45, 2.75) is 36.6 Å². The molecule has 0 radical (unpaired) electrons. The van der Waals surface area contributed by atoms with E-state index in [4.69, 9.17) is 0 Å². The van der Waals surface area contributed by atoms with Crippen molar-refractivity contribution in [1.29, 1.82) is 0 Å². The number of rotatable bonds is 6. The van der Waals surface area contributed by atoms with Gasteiger partial charge in [-0.25, -0.2) is 8.42 Å². The Kier molecular flexibility index (Phi) is 5.81. The molecule has 0 atom stereocenters. The average molecular weight is 457 g/mol. The van der Waals surface area contributed by atoms with Crippen LogP contribution in [0.1, 0.15) is 17.0 Å². The predicted molar refractivity (Wildman–Crippen MR) is 123 cm³/mol. The number of fused-ring (bicyclic) bond motifs is 1. The van der Waals surface area contributed by atoms with Crippen LogP contribution in [0.25, 0.3) is 0 Å². The van der Waals surface area contributed by atoms with Gasteiger partial charge in [-0.15, -0.1) is 11.8 Å². The molecular weight excluding hydrogens is 432 g/mol. The van der Waals surface area contributed by atoms with E-state index < -0.39 is 10.0 Å². The minimum atomic E-state index is -3.78. The molecule has 9 heteroatoms. The number of para-hydroxylation sites is 1. The lowest BCUT2D eigenvalue weighted by Crippen LogP contribution is -2.30. The zero-order valence-corrected chi connectivity index (χ0v) is 19.3. The first-order chi connectivity index (χ1) is 14.8. The number of nitrogens with zero attached hydrogens (tertiary/aromatic N) is 3. The van der Waals surface area contributed by atoms with Gasteiger partial charge in [-0.2, -0.15) is 5.10 Å². The summed E-state index contributed by atoms with van der Waals surface area (Å²) in [5.41, 5.74) is 3.25. The summed E-state index contributed by atoms with van der Waals surface area (Å²) in [6, 6.07) is 15.1. The second-order valence-electron chi connectivity index (χ2n) is 7.39. The Morgan fingerprint density at radius 1 is 1.13 bits per heavy atom. The minimum Gasteiger partial charge on any atom is -0.324 e. The highest BCUT2D eigenvalue weighted by atomic mass is 32.2. The molecule has 1 aliphatic rings. The van der Waals surface area contributed by atoms with E-state index in [-0.39, 0.29) is 17.3 Å². The third-order valence-corrected chi connectivity index (χ3v) is 8.18. The lowest BCUT2D eigenvalue weighted by atomic mass is 10.2. The number of carbonyl (C=O) groups is 1. The van der Waals surface area contributed by atoms with Crippen LogP contribution in [0, 0.1) is 13.8 Å². The lowest BCUT2D eigenvalue weighted by molar-refractivity contribution is -0.116. The molecule has 1 amide bonds. The summed E-state index contributed by atoms with van der Waals surface area (Å²) >= 11 is 1.63. The van der Waals surface area contributed by atoms with Crippen molar-refractivity contribution < 1.29 is 13.2 Å². The number of nitrogens with one attached hydrogen (secondary N) is 1. The number of sulfonamides is 1. The number of thioether (sulfide) groups is 1. The van der Waals surface area contributed by atoms with Crippen molar-refractivity contribution >= 4 is 39.1 Å². The smallest absolute Gasteiger partial charge is 0.268 e. The third kappa shape index (κ3) is 4.07. The molecule has 4 rings (SSSR count). The van der Waals surface area contributed by atoms with E-state index in [0.717, 1.165) is 10.5 Å². The maximum Gasteiger partial charge on any atom is 0.268 e. The maximum absolute atomic E-state index is 13.5. The molecule has 0 saturated heterocycles. The fraction of sp³-hybridized carbons (Fsp3) is 0.273. The van der Waals surface area contributed by atoms with Crippen molar-refractivity contribution in [3.05, 3.63) is 65.5 Å². The van der Waals surface area contributed by atoms with Crippen LogP contribution in [0.15, 0.2) is 58.3 Å². The molecule has 7 nitrogen and oxygen atoms in total. The number of aromatic nitrogens is 2. The Labute approximate surface area is 186 Å². The van der Waals surface area contributed by atoms with Gasteiger partial charge in [0, 0.05) is 17.1 Å². The van der Waals surface area contributed by atoms with Gasteiger partial charge in [-0.1, -0.05) is 18.2 Å². The Bertz CT molecular complexity index is 1230. The van der Waals surface area contributed by atoms with Gasteiger partial charge in [0.2, 0.25) is 5.91 Å². The van der Waals surface area contributed by atoms with Crippen molar-refractivity contribution in [3.8, 4) is 0 Å². The summed E-state index contributed by atoms with van der Waals surface area (Å²) in [5, 5.41) is 7.20. The zero-order chi connectivity index (χ0) is 22.2. The number of benzene rings is 2. The van der Waals surface area contributed by atoms with Crippen molar-refractivity contribution in [2.75, 3.05) is 22.4 Å². The van der Waals surface area contributed by atoms with E-state index in [9.17, 15) is 13.2 Å². The van der Waals surface area contributed by atoms with Crippen LogP contribution in [-0.4, -0.2) is 36.9 Å². The van der Waals surface area contributed by atoms with E-state index in [1.807, 2.05) is 54.8 Å². The quantitative estimate of drug-likeness (QED) is 0.573. The highest BCUT2D eigenvalue weighted by Crippen LogP contribution is 2.34. The molecule has 1 aliphatic heterocycles. The van der Waals surface area contributed by atoms with Crippen LogP contribution in [0.4, 0.5) is 11.4 Å². The predicted octanol–water partition coefficient (Wildman–Crippen LogP) is 3.61. The van der Waals surface area contributed by atoms with Gasteiger partial charge >= 0.3 is 0 Å². The van der Waals surface area contributed by atoms with E-state index in [1.165, 1.54) is 8.99 Å². The summed E-state index contributed by atoms with van der Waals surface area (Å²) in [4.78, 5) is 13.8. The molecule has 162 valence electrons. The molecule has 3 aromatic rings. The first-order valence-corrected chi connectivity index (χ1v) is 12.6. The van der Waals surface area contributed by atoms with E-state index in [0.29, 0.717) is 35.7 Å². The fourth-order valence-electron chi connectivity index (χ4n) is 3.89. The van der Waals surface area contributed by atoms with Gasteiger partial charge in [0.05, 0.1) is 17.1 Å². The second-order valence-corrected chi connectivity index (χ2v) is 10.1. The van der Waals surface area contributed by atoms with Gasteiger partial charge in [0.15, 0.2) is 0 Å². The van der Waals surface area contributed by atoms with E-state index in [2.05, 4.69) is 10.4 Å². The van der Waals surface area contributed by atoms with Gasteiger partial charge in [0.1, 0.15) is 11.4 Å². The summed E-state index contributed by atoms with van der Waals surface area (Å²) < 4.78 is 29.8. The van der Waals surface area contributed by atoms with Crippen molar-refractivity contribution in [3.63, 3.8) is 0 Å². The molecular formula is C22H24N4O3S2. The molecule has 1 N–H and O–H groups in total. The van der Waals surface area contributed by atoms with Gasteiger partial charge in [-0.05, 0) is 62.4 Å². The molecule has 1 aromatic heterocycles. The van der Waals surface area contributed by atoms with E-state index >= 15 is 0 Å². The monoisotopic (exact) mass is 456 g/mol. The summed E-state index contributed by atoms with van der Waals surface area (Å²) in [6.45, 7) is 3.69. The molecule has 2 heterocycles. The van der Waals surface area contributed by atoms with E-state index in [1.54, 1.807) is 25.6 Å². The lowest BCUT2D eigenvalue weighted by Gasteiger charge is -2.19. The average Bonchev–Trinajstić information content (AvgIpc) is 3.30. The molecule has 31 heavy (non-hydrogen) atoms. The van der Waals surface area contributed by atoms with Crippen molar-refractivity contribution in [2.24, 2.45) is 0 Å². The topological polar surface area (TPSA) is 84.3 Å². The molecule has 0 unspecified atom stereocenters. The molecule has 0 aliphatic carbocycles. The van der Waals surface area contributed by atoms with Crippen molar-refractivity contribution in [1.82, 2.24) is 9.78 Å². The fourth-order valence-corrected chi connectivity index (χ4v) is 6.18. The first-order valence-electron chi connectivity index (χ1n) is 9.90. The Balaban J connectivity index is 1.56. The molecule has 0 spiro atoms. The van der Waals surface area contributed by atoms with Crippen LogP contribution in [0.2, 0.25) is 0 Å². The summed E-state index contributed by atoms with van der Waals surface area (Å²) in [5.74, 6) is -0.266. The normalized spacial score (nSPS) is 13.3. The maximum atomic E-state index is 13.5. The highest BCUT2D eigenvalue weighted by Gasteiger charge is 2.35. The van der Waals surface area contributed by atoms with Crippen LogP contribution in [-0.2, 0) is 27.8 Å². The molecule has 2 aromatic carbocycles. The number of hydrogen-bond acceptors (Lipinski definition) is 5. The number of amides is 1. The zero-order valence-electron chi connectivity index (χ0n) is 17.6. The minimum absolute atomic E-state index is 0.0664. The molecule has 0 saturated carbocycles. The first kappa shape index (κ1) is 21.5.